The highest BCUT2D eigenvalue weighted by Crippen LogP contribution is 2.26. The maximum atomic E-state index is 12.1. The van der Waals surface area contributed by atoms with E-state index in [0.717, 1.165) is 0 Å². The molecule has 104 valence electrons. The van der Waals surface area contributed by atoms with Gasteiger partial charge in [0, 0.05) is 24.4 Å². The highest BCUT2D eigenvalue weighted by atomic mass is 32.2. The molecule has 1 aromatic heterocycles. The number of nitrogens with zero attached hydrogens (tertiary/aromatic N) is 1. The molecular formula is C14H13NO4S. The van der Waals surface area contributed by atoms with Crippen molar-refractivity contribution in [3.05, 3.63) is 66.0 Å². The normalized spacial score (nSPS) is 12.8. The fourth-order valence-corrected chi connectivity index (χ4v) is 2.75. The van der Waals surface area contributed by atoms with Crippen molar-refractivity contribution in [2.24, 2.45) is 0 Å². The van der Waals surface area contributed by atoms with Gasteiger partial charge in [-0.2, -0.15) is 8.42 Å². The Bertz CT molecular complexity index is 684. The lowest BCUT2D eigenvalue weighted by Gasteiger charge is -2.13. The first-order valence-electron chi connectivity index (χ1n) is 5.93. The maximum absolute atomic E-state index is 12.1. The van der Waals surface area contributed by atoms with Gasteiger partial charge >= 0.3 is 0 Å². The summed E-state index contributed by atoms with van der Waals surface area (Å²) in [7, 11) is -4.36. The number of benzene rings is 1. The van der Waals surface area contributed by atoms with Crippen molar-refractivity contribution >= 4 is 15.9 Å². The van der Waals surface area contributed by atoms with Crippen LogP contribution < -0.4 is 0 Å². The number of aromatic nitrogens is 1. The summed E-state index contributed by atoms with van der Waals surface area (Å²) >= 11 is 0. The van der Waals surface area contributed by atoms with Crippen LogP contribution in [0.3, 0.4) is 0 Å². The van der Waals surface area contributed by atoms with Gasteiger partial charge in [0.2, 0.25) is 0 Å². The van der Waals surface area contributed by atoms with Crippen molar-refractivity contribution in [2.75, 3.05) is 0 Å². The molecule has 5 nitrogen and oxygen atoms in total. The number of rotatable bonds is 5. The van der Waals surface area contributed by atoms with Crippen LogP contribution in [0.1, 0.15) is 27.6 Å². The highest BCUT2D eigenvalue weighted by molar-refractivity contribution is 7.86. The SMILES string of the molecule is O=C(CC(c1ccccc1)S(=O)(=O)O)c1ccncc1. The molecule has 0 bridgehead atoms. The van der Waals surface area contributed by atoms with Gasteiger partial charge in [-0.05, 0) is 17.7 Å². The Morgan fingerprint density at radius 3 is 2.25 bits per heavy atom. The van der Waals surface area contributed by atoms with Crippen LogP contribution in [0.25, 0.3) is 0 Å². The molecule has 20 heavy (non-hydrogen) atoms. The van der Waals surface area contributed by atoms with E-state index >= 15 is 0 Å². The summed E-state index contributed by atoms with van der Waals surface area (Å²) in [4.78, 5) is 15.9. The van der Waals surface area contributed by atoms with Gasteiger partial charge in [-0.3, -0.25) is 14.3 Å². The summed E-state index contributed by atoms with van der Waals surface area (Å²) in [6, 6.07) is 11.2. The highest BCUT2D eigenvalue weighted by Gasteiger charge is 2.28. The third-order valence-corrected chi connectivity index (χ3v) is 4.06. The van der Waals surface area contributed by atoms with Crippen molar-refractivity contribution in [2.45, 2.75) is 11.7 Å². The van der Waals surface area contributed by atoms with Gasteiger partial charge in [0.1, 0.15) is 5.25 Å². The Labute approximate surface area is 117 Å². The van der Waals surface area contributed by atoms with Crippen LogP contribution in [0, 0.1) is 0 Å². The average molecular weight is 291 g/mol. The van der Waals surface area contributed by atoms with E-state index in [4.69, 9.17) is 0 Å². The average Bonchev–Trinajstić information content (AvgIpc) is 2.45. The van der Waals surface area contributed by atoms with Crippen molar-refractivity contribution in [3.63, 3.8) is 0 Å². The van der Waals surface area contributed by atoms with Crippen molar-refractivity contribution in [1.82, 2.24) is 4.98 Å². The summed E-state index contributed by atoms with van der Waals surface area (Å²) < 4.78 is 32.3. The molecule has 1 atom stereocenters. The lowest BCUT2D eigenvalue weighted by molar-refractivity contribution is 0.0979. The zero-order valence-corrected chi connectivity index (χ0v) is 11.3. The van der Waals surface area contributed by atoms with E-state index in [1.165, 1.54) is 24.5 Å². The number of hydrogen-bond donors (Lipinski definition) is 1. The fraction of sp³-hybridized carbons (Fsp3) is 0.143. The van der Waals surface area contributed by atoms with Gasteiger partial charge < -0.3 is 0 Å². The minimum atomic E-state index is -4.36. The Morgan fingerprint density at radius 1 is 1.10 bits per heavy atom. The van der Waals surface area contributed by atoms with Gasteiger partial charge in [-0.15, -0.1) is 0 Å². The van der Waals surface area contributed by atoms with Gasteiger partial charge in [-0.1, -0.05) is 30.3 Å². The molecule has 0 amide bonds. The molecule has 6 heteroatoms. The maximum Gasteiger partial charge on any atom is 0.272 e. The van der Waals surface area contributed by atoms with Gasteiger partial charge in [0.15, 0.2) is 5.78 Å². The zero-order valence-electron chi connectivity index (χ0n) is 10.5. The molecule has 2 aromatic rings. The molecule has 0 saturated carbocycles. The molecule has 0 saturated heterocycles. The topological polar surface area (TPSA) is 84.3 Å². The number of ketones is 1. The molecule has 1 heterocycles. The minimum Gasteiger partial charge on any atom is -0.294 e. The summed E-state index contributed by atoms with van der Waals surface area (Å²) in [5.41, 5.74) is 0.752. The van der Waals surface area contributed by atoms with Crippen molar-refractivity contribution < 1.29 is 17.8 Å². The van der Waals surface area contributed by atoms with Crippen molar-refractivity contribution in [3.8, 4) is 0 Å². The predicted molar refractivity (Wildman–Crippen MR) is 73.9 cm³/mol. The fourth-order valence-electron chi connectivity index (χ4n) is 1.89. The second-order valence-corrected chi connectivity index (χ2v) is 5.88. The minimum absolute atomic E-state index is 0.313. The number of carbonyl (C=O) groups is 1. The first kappa shape index (κ1) is 14.4. The molecule has 0 aliphatic heterocycles. The van der Waals surface area contributed by atoms with Crippen LogP contribution >= 0.6 is 0 Å². The van der Waals surface area contributed by atoms with Crippen LogP contribution in [-0.4, -0.2) is 23.7 Å². The lowest BCUT2D eigenvalue weighted by Crippen LogP contribution is -2.16. The van der Waals surface area contributed by atoms with Crippen LogP contribution in [-0.2, 0) is 10.1 Å². The Morgan fingerprint density at radius 2 is 1.70 bits per heavy atom. The summed E-state index contributed by atoms with van der Waals surface area (Å²) in [6.07, 6.45) is 2.60. The predicted octanol–water partition coefficient (Wildman–Crippen LogP) is 2.28. The first-order valence-corrected chi connectivity index (χ1v) is 7.43. The molecule has 0 spiro atoms. The number of carbonyl (C=O) groups excluding carboxylic acids is 1. The molecule has 0 radical (unpaired) electrons. The van der Waals surface area contributed by atoms with E-state index < -0.39 is 15.4 Å². The van der Waals surface area contributed by atoms with E-state index in [1.54, 1.807) is 30.3 Å². The molecule has 0 aliphatic carbocycles. The molecule has 1 N–H and O–H groups in total. The summed E-state index contributed by atoms with van der Waals surface area (Å²) in [5, 5.41) is -1.26. The third kappa shape index (κ3) is 3.49. The summed E-state index contributed by atoms with van der Waals surface area (Å²) in [5.74, 6) is -0.362. The quantitative estimate of drug-likeness (QED) is 0.675. The zero-order chi connectivity index (χ0) is 14.6. The monoisotopic (exact) mass is 291 g/mol. The first-order chi connectivity index (χ1) is 9.48. The van der Waals surface area contributed by atoms with Crippen LogP contribution in [0.2, 0.25) is 0 Å². The van der Waals surface area contributed by atoms with E-state index in [-0.39, 0.29) is 12.2 Å². The number of Topliss-reactive ketones (excluding diaryl/α,β-unsaturated/α-hetero) is 1. The lowest BCUT2D eigenvalue weighted by atomic mass is 10.0. The number of pyridine rings is 1. The smallest absolute Gasteiger partial charge is 0.272 e. The Kier molecular flexibility index (Phi) is 4.26. The largest absolute Gasteiger partial charge is 0.294 e. The van der Waals surface area contributed by atoms with Gasteiger partial charge in [0.05, 0.1) is 0 Å². The van der Waals surface area contributed by atoms with E-state index in [0.29, 0.717) is 11.1 Å². The molecule has 1 unspecified atom stereocenters. The van der Waals surface area contributed by atoms with Crippen LogP contribution in [0.5, 0.6) is 0 Å². The summed E-state index contributed by atoms with van der Waals surface area (Å²) in [6.45, 7) is 0. The molecule has 0 aliphatic rings. The van der Waals surface area contributed by atoms with Gasteiger partial charge in [0.25, 0.3) is 10.1 Å². The van der Waals surface area contributed by atoms with Gasteiger partial charge in [-0.25, -0.2) is 0 Å². The molecule has 0 fully saturated rings. The number of hydrogen-bond acceptors (Lipinski definition) is 4. The van der Waals surface area contributed by atoms with E-state index in [1.807, 2.05) is 0 Å². The van der Waals surface area contributed by atoms with Crippen LogP contribution in [0.4, 0.5) is 0 Å². The Hall–Kier alpha value is -2.05. The van der Waals surface area contributed by atoms with E-state index in [9.17, 15) is 17.8 Å². The third-order valence-electron chi connectivity index (χ3n) is 2.90. The van der Waals surface area contributed by atoms with Crippen LogP contribution in [0.15, 0.2) is 54.9 Å². The Balaban J connectivity index is 2.29. The van der Waals surface area contributed by atoms with E-state index in [2.05, 4.69) is 4.98 Å². The standard InChI is InChI=1S/C14H13NO4S/c16-13(11-6-8-15-9-7-11)10-14(20(17,18)19)12-4-2-1-3-5-12/h1-9,14H,10H2,(H,17,18,19). The van der Waals surface area contributed by atoms with Crippen molar-refractivity contribution in [1.29, 1.82) is 0 Å². The molecule has 2 rings (SSSR count). The second-order valence-electron chi connectivity index (χ2n) is 4.28. The molecule has 1 aromatic carbocycles. The second kappa shape index (κ2) is 5.94. The molecular weight excluding hydrogens is 278 g/mol.